The van der Waals surface area contributed by atoms with Crippen LogP contribution in [-0.4, -0.2) is 52.1 Å². The molecule has 1 aliphatic heterocycles. The standard InChI is InChI=1S/C19H25N3O4S2/c1-13-9-17(21-26-13)20-19(24)14(2)28-12-18(23)22(10-15-5-3-7-25-15)11-16-6-4-8-27-16/h4,6,8-9,14-15H,3,5,7,10-12H2,1-2H3,(H,20,21,24)/t14-,15+/m0/s1. The molecule has 7 nitrogen and oxygen atoms in total. The molecule has 2 atom stereocenters. The van der Waals surface area contributed by atoms with Crippen LogP contribution in [0.4, 0.5) is 5.82 Å². The maximum atomic E-state index is 12.8. The van der Waals surface area contributed by atoms with Gasteiger partial charge in [0.1, 0.15) is 5.76 Å². The fraction of sp³-hybridized carbons (Fsp3) is 0.526. The van der Waals surface area contributed by atoms with E-state index in [1.165, 1.54) is 11.8 Å². The molecular weight excluding hydrogens is 398 g/mol. The first-order valence-electron chi connectivity index (χ1n) is 9.29. The molecule has 1 fully saturated rings. The third kappa shape index (κ3) is 6.08. The Kier molecular flexibility index (Phi) is 7.52. The highest BCUT2D eigenvalue weighted by Gasteiger charge is 2.24. The summed E-state index contributed by atoms with van der Waals surface area (Å²) in [6.07, 6.45) is 2.13. The monoisotopic (exact) mass is 423 g/mol. The van der Waals surface area contributed by atoms with Gasteiger partial charge in [-0.05, 0) is 38.1 Å². The maximum Gasteiger partial charge on any atom is 0.238 e. The van der Waals surface area contributed by atoms with Gasteiger partial charge >= 0.3 is 0 Å². The summed E-state index contributed by atoms with van der Waals surface area (Å²) in [5.41, 5.74) is 0. The molecule has 2 amide bonds. The predicted molar refractivity (Wildman–Crippen MR) is 110 cm³/mol. The van der Waals surface area contributed by atoms with E-state index in [4.69, 9.17) is 9.26 Å². The molecule has 1 aliphatic rings. The number of carbonyl (C=O) groups excluding carboxylic acids is 2. The molecule has 152 valence electrons. The molecule has 1 N–H and O–H groups in total. The number of anilines is 1. The Morgan fingerprint density at radius 1 is 1.50 bits per heavy atom. The van der Waals surface area contributed by atoms with Crippen LogP contribution >= 0.6 is 23.1 Å². The molecule has 1 saturated heterocycles. The number of aromatic nitrogens is 1. The number of rotatable bonds is 9. The first-order chi connectivity index (χ1) is 13.5. The Morgan fingerprint density at radius 2 is 2.36 bits per heavy atom. The smallest absolute Gasteiger partial charge is 0.238 e. The summed E-state index contributed by atoms with van der Waals surface area (Å²) in [6, 6.07) is 5.68. The minimum absolute atomic E-state index is 0.0193. The molecule has 2 aromatic rings. The summed E-state index contributed by atoms with van der Waals surface area (Å²) in [5.74, 6) is 1.08. The number of ether oxygens (including phenoxy) is 1. The van der Waals surface area contributed by atoms with Crippen molar-refractivity contribution < 1.29 is 18.8 Å². The van der Waals surface area contributed by atoms with Crippen LogP contribution in [0.3, 0.4) is 0 Å². The predicted octanol–water partition coefficient (Wildman–Crippen LogP) is 3.31. The van der Waals surface area contributed by atoms with E-state index in [0.29, 0.717) is 24.7 Å². The van der Waals surface area contributed by atoms with Crippen molar-refractivity contribution in [2.75, 3.05) is 24.2 Å². The highest BCUT2D eigenvalue weighted by atomic mass is 32.2. The lowest BCUT2D eigenvalue weighted by molar-refractivity contribution is -0.130. The highest BCUT2D eigenvalue weighted by molar-refractivity contribution is 8.01. The molecule has 0 aliphatic carbocycles. The van der Waals surface area contributed by atoms with Gasteiger partial charge in [0.2, 0.25) is 11.8 Å². The first kappa shape index (κ1) is 20.9. The normalized spacial score (nSPS) is 17.4. The van der Waals surface area contributed by atoms with Gasteiger partial charge in [0.05, 0.1) is 23.7 Å². The number of nitrogens with zero attached hydrogens (tertiary/aromatic N) is 2. The quantitative estimate of drug-likeness (QED) is 0.666. The van der Waals surface area contributed by atoms with Crippen molar-refractivity contribution in [2.45, 2.75) is 44.6 Å². The number of hydrogen-bond donors (Lipinski definition) is 1. The number of thiophene rings is 1. The van der Waals surface area contributed by atoms with E-state index in [1.807, 2.05) is 22.4 Å². The van der Waals surface area contributed by atoms with Gasteiger partial charge in [-0.2, -0.15) is 0 Å². The molecule has 0 spiro atoms. The Balaban J connectivity index is 1.52. The van der Waals surface area contributed by atoms with Crippen LogP contribution in [-0.2, 0) is 20.9 Å². The van der Waals surface area contributed by atoms with Crippen LogP contribution < -0.4 is 5.32 Å². The van der Waals surface area contributed by atoms with Gasteiger partial charge in [-0.1, -0.05) is 11.2 Å². The average Bonchev–Trinajstić information content (AvgIpc) is 3.43. The fourth-order valence-electron chi connectivity index (χ4n) is 2.90. The summed E-state index contributed by atoms with van der Waals surface area (Å²) < 4.78 is 10.7. The van der Waals surface area contributed by atoms with E-state index in [9.17, 15) is 9.59 Å². The Labute approximate surface area is 172 Å². The number of amides is 2. The third-order valence-electron chi connectivity index (χ3n) is 4.43. The average molecular weight is 424 g/mol. The second kappa shape index (κ2) is 10.1. The van der Waals surface area contributed by atoms with Crippen molar-refractivity contribution in [1.82, 2.24) is 10.1 Å². The summed E-state index contributed by atoms with van der Waals surface area (Å²) >= 11 is 2.96. The van der Waals surface area contributed by atoms with Crippen molar-refractivity contribution in [3.8, 4) is 0 Å². The number of carbonyl (C=O) groups is 2. The molecule has 0 radical (unpaired) electrons. The minimum atomic E-state index is -0.382. The van der Waals surface area contributed by atoms with E-state index in [-0.39, 0.29) is 28.9 Å². The zero-order valence-corrected chi connectivity index (χ0v) is 17.7. The first-order valence-corrected chi connectivity index (χ1v) is 11.2. The molecule has 0 unspecified atom stereocenters. The Bertz CT molecular complexity index is 772. The van der Waals surface area contributed by atoms with E-state index >= 15 is 0 Å². The van der Waals surface area contributed by atoms with Gasteiger partial charge in [-0.3, -0.25) is 9.59 Å². The van der Waals surface area contributed by atoms with E-state index in [0.717, 1.165) is 24.3 Å². The van der Waals surface area contributed by atoms with Gasteiger partial charge in [0.15, 0.2) is 5.82 Å². The SMILES string of the molecule is Cc1cc(NC(=O)[C@H](C)SCC(=O)N(Cc2cccs2)C[C@H]2CCCO2)no1. The molecule has 28 heavy (non-hydrogen) atoms. The zero-order chi connectivity index (χ0) is 19.9. The van der Waals surface area contributed by atoms with E-state index in [1.54, 1.807) is 31.3 Å². The second-order valence-corrected chi connectivity index (χ2v) is 9.12. The van der Waals surface area contributed by atoms with Crippen LogP contribution in [0.25, 0.3) is 0 Å². The molecule has 3 rings (SSSR count). The number of hydrogen-bond acceptors (Lipinski definition) is 7. The van der Waals surface area contributed by atoms with Crippen molar-refractivity contribution in [1.29, 1.82) is 0 Å². The lowest BCUT2D eigenvalue weighted by Gasteiger charge is -2.25. The van der Waals surface area contributed by atoms with Crippen LogP contribution in [0.1, 0.15) is 30.4 Å². The second-order valence-electron chi connectivity index (χ2n) is 6.75. The zero-order valence-electron chi connectivity index (χ0n) is 16.1. The molecule has 0 aromatic carbocycles. The fourth-order valence-corrected chi connectivity index (χ4v) is 4.40. The molecular formula is C19H25N3O4S2. The molecule has 0 bridgehead atoms. The van der Waals surface area contributed by atoms with Gasteiger partial charge in [-0.15, -0.1) is 23.1 Å². The minimum Gasteiger partial charge on any atom is -0.376 e. The van der Waals surface area contributed by atoms with Gasteiger partial charge in [0, 0.05) is 24.1 Å². The van der Waals surface area contributed by atoms with Crippen molar-refractivity contribution in [2.24, 2.45) is 0 Å². The maximum absolute atomic E-state index is 12.8. The van der Waals surface area contributed by atoms with Crippen LogP contribution in [0, 0.1) is 6.92 Å². The Hall–Kier alpha value is -1.84. The van der Waals surface area contributed by atoms with Gasteiger partial charge in [-0.25, -0.2) is 0 Å². The van der Waals surface area contributed by atoms with Crippen molar-refractivity contribution >= 4 is 40.7 Å². The lowest BCUT2D eigenvalue weighted by atomic mass is 10.2. The number of aryl methyl sites for hydroxylation is 1. The van der Waals surface area contributed by atoms with Gasteiger partial charge < -0.3 is 19.5 Å². The van der Waals surface area contributed by atoms with Crippen LogP contribution in [0.15, 0.2) is 28.1 Å². The topological polar surface area (TPSA) is 84.7 Å². The molecule has 2 aromatic heterocycles. The summed E-state index contributed by atoms with van der Waals surface area (Å²) in [4.78, 5) is 28.1. The summed E-state index contributed by atoms with van der Waals surface area (Å²) in [6.45, 7) is 5.48. The summed E-state index contributed by atoms with van der Waals surface area (Å²) in [5, 5.41) is 8.09. The highest BCUT2D eigenvalue weighted by Crippen LogP contribution is 2.20. The molecule has 9 heteroatoms. The molecule has 0 saturated carbocycles. The lowest BCUT2D eigenvalue weighted by Crippen LogP contribution is -2.38. The van der Waals surface area contributed by atoms with Gasteiger partial charge in [0.25, 0.3) is 0 Å². The Morgan fingerprint density at radius 3 is 3.00 bits per heavy atom. The van der Waals surface area contributed by atoms with Crippen LogP contribution in [0.2, 0.25) is 0 Å². The summed E-state index contributed by atoms with van der Waals surface area (Å²) in [7, 11) is 0. The molecule has 3 heterocycles. The number of nitrogens with one attached hydrogen (secondary N) is 1. The third-order valence-corrected chi connectivity index (χ3v) is 6.42. The number of thioether (sulfide) groups is 1. The van der Waals surface area contributed by atoms with Crippen LogP contribution in [0.5, 0.6) is 0 Å². The van der Waals surface area contributed by atoms with Crippen molar-refractivity contribution in [3.05, 3.63) is 34.2 Å². The van der Waals surface area contributed by atoms with E-state index < -0.39 is 0 Å². The van der Waals surface area contributed by atoms with E-state index in [2.05, 4.69) is 10.5 Å². The van der Waals surface area contributed by atoms with Crippen molar-refractivity contribution in [3.63, 3.8) is 0 Å². The largest absolute Gasteiger partial charge is 0.376 e.